The van der Waals surface area contributed by atoms with Crippen molar-refractivity contribution in [3.63, 3.8) is 0 Å². The van der Waals surface area contributed by atoms with E-state index in [9.17, 15) is 0 Å². The van der Waals surface area contributed by atoms with Gasteiger partial charge in [0.15, 0.2) is 0 Å². The summed E-state index contributed by atoms with van der Waals surface area (Å²) >= 11 is 5.72. The van der Waals surface area contributed by atoms with Crippen LogP contribution in [0.15, 0.2) is 12.4 Å². The lowest BCUT2D eigenvalue weighted by Gasteiger charge is -2.23. The highest BCUT2D eigenvalue weighted by molar-refractivity contribution is 6.29. The molecule has 0 bridgehead atoms. The lowest BCUT2D eigenvalue weighted by atomic mass is 10.3. The Bertz CT molecular complexity index is 313. The Morgan fingerprint density at radius 2 is 1.88 bits per heavy atom. The molecular weight excluding hydrogens is 236 g/mol. The van der Waals surface area contributed by atoms with Crippen molar-refractivity contribution in [2.24, 2.45) is 0 Å². The van der Waals surface area contributed by atoms with Crippen molar-refractivity contribution in [3.05, 3.63) is 23.2 Å². The predicted octanol–water partition coefficient (Wildman–Crippen LogP) is 1.90. The molecule has 17 heavy (non-hydrogen) atoms. The van der Waals surface area contributed by atoms with E-state index in [2.05, 4.69) is 40.8 Å². The van der Waals surface area contributed by atoms with Crippen molar-refractivity contribution in [1.29, 1.82) is 0 Å². The molecule has 1 rings (SSSR count). The minimum atomic E-state index is 0.448. The van der Waals surface area contributed by atoms with Crippen LogP contribution in [0.3, 0.4) is 0 Å². The van der Waals surface area contributed by atoms with Crippen LogP contribution < -0.4 is 0 Å². The van der Waals surface area contributed by atoms with Crippen molar-refractivity contribution < 1.29 is 0 Å². The van der Waals surface area contributed by atoms with Gasteiger partial charge >= 0.3 is 0 Å². The van der Waals surface area contributed by atoms with Gasteiger partial charge in [0.2, 0.25) is 0 Å². The fourth-order valence-corrected chi connectivity index (χ4v) is 1.67. The summed E-state index contributed by atoms with van der Waals surface area (Å²) in [5, 5.41) is 0.448. The zero-order valence-corrected chi connectivity index (χ0v) is 11.6. The number of likely N-dealkylation sites (N-methyl/N-ethyl adjacent to an activating group) is 1. The molecule has 0 atom stereocenters. The molecule has 5 heteroatoms. The zero-order valence-electron chi connectivity index (χ0n) is 10.9. The minimum absolute atomic E-state index is 0.448. The number of hydrogen-bond donors (Lipinski definition) is 0. The Morgan fingerprint density at radius 1 is 1.12 bits per heavy atom. The zero-order chi connectivity index (χ0) is 12.7. The van der Waals surface area contributed by atoms with Gasteiger partial charge in [-0.15, -0.1) is 0 Å². The Kier molecular flexibility index (Phi) is 6.40. The number of aromatic nitrogens is 2. The summed E-state index contributed by atoms with van der Waals surface area (Å²) < 4.78 is 0. The van der Waals surface area contributed by atoms with E-state index in [4.69, 9.17) is 11.6 Å². The highest BCUT2D eigenvalue weighted by Gasteiger charge is 2.06. The van der Waals surface area contributed by atoms with Crippen molar-refractivity contribution >= 4 is 11.6 Å². The summed E-state index contributed by atoms with van der Waals surface area (Å²) in [4.78, 5) is 12.9. The molecule has 0 N–H and O–H groups in total. The highest BCUT2D eigenvalue weighted by Crippen LogP contribution is 2.05. The summed E-state index contributed by atoms with van der Waals surface area (Å²) in [6, 6.07) is 0. The second kappa shape index (κ2) is 7.58. The van der Waals surface area contributed by atoms with Crippen LogP contribution in [-0.2, 0) is 6.54 Å². The molecule has 0 aliphatic rings. The van der Waals surface area contributed by atoms with Crippen LogP contribution in [0.4, 0.5) is 0 Å². The van der Waals surface area contributed by atoms with Gasteiger partial charge in [0.25, 0.3) is 0 Å². The van der Waals surface area contributed by atoms with Gasteiger partial charge in [-0.3, -0.25) is 9.88 Å². The lowest BCUT2D eigenvalue weighted by molar-refractivity contribution is 0.231. The summed E-state index contributed by atoms with van der Waals surface area (Å²) in [6.07, 6.45) is 4.50. The van der Waals surface area contributed by atoms with Crippen molar-refractivity contribution in [3.8, 4) is 0 Å². The minimum Gasteiger partial charge on any atom is -0.308 e. The molecule has 0 radical (unpaired) electrons. The smallest absolute Gasteiger partial charge is 0.147 e. The highest BCUT2D eigenvalue weighted by atomic mass is 35.5. The average Bonchev–Trinajstić information content (AvgIpc) is 2.29. The van der Waals surface area contributed by atoms with Gasteiger partial charge in [-0.25, -0.2) is 4.98 Å². The van der Waals surface area contributed by atoms with Crippen LogP contribution in [0.1, 0.15) is 19.0 Å². The fourth-order valence-electron chi connectivity index (χ4n) is 1.58. The third-order valence-electron chi connectivity index (χ3n) is 2.46. The first kappa shape index (κ1) is 14.4. The first-order chi connectivity index (χ1) is 8.11. The first-order valence-corrected chi connectivity index (χ1v) is 6.33. The second-order valence-electron chi connectivity index (χ2n) is 4.41. The van der Waals surface area contributed by atoms with Crippen LogP contribution in [-0.4, -0.2) is 53.5 Å². The molecular formula is C12H21ClN4. The lowest BCUT2D eigenvalue weighted by Crippen LogP contribution is -2.32. The van der Waals surface area contributed by atoms with Crippen molar-refractivity contribution in [1.82, 2.24) is 19.8 Å². The van der Waals surface area contributed by atoms with Gasteiger partial charge < -0.3 is 4.90 Å². The quantitative estimate of drug-likeness (QED) is 0.746. The van der Waals surface area contributed by atoms with Gasteiger partial charge in [-0.05, 0) is 27.1 Å². The van der Waals surface area contributed by atoms with Crippen LogP contribution in [0, 0.1) is 0 Å². The Labute approximate surface area is 109 Å². The molecule has 0 fully saturated rings. The van der Waals surface area contributed by atoms with E-state index in [1.165, 1.54) is 0 Å². The normalized spacial score (nSPS) is 11.4. The van der Waals surface area contributed by atoms with E-state index in [0.29, 0.717) is 5.15 Å². The largest absolute Gasteiger partial charge is 0.308 e. The Balaban J connectivity index is 2.50. The summed E-state index contributed by atoms with van der Waals surface area (Å²) in [5.41, 5.74) is 0.974. The molecule has 0 aliphatic heterocycles. The van der Waals surface area contributed by atoms with E-state index in [0.717, 1.165) is 38.3 Å². The molecule has 1 aromatic rings. The van der Waals surface area contributed by atoms with Crippen molar-refractivity contribution in [2.75, 3.05) is 33.7 Å². The van der Waals surface area contributed by atoms with Crippen LogP contribution in [0.5, 0.6) is 0 Å². The Hall–Kier alpha value is -0.710. The average molecular weight is 257 g/mol. The molecule has 1 aromatic heterocycles. The van der Waals surface area contributed by atoms with Crippen LogP contribution >= 0.6 is 11.6 Å². The fraction of sp³-hybridized carbons (Fsp3) is 0.667. The maximum Gasteiger partial charge on any atom is 0.147 e. The number of rotatable bonds is 7. The second-order valence-corrected chi connectivity index (χ2v) is 4.80. The molecule has 0 amide bonds. The maximum absolute atomic E-state index is 5.72. The monoisotopic (exact) mass is 256 g/mol. The third kappa shape index (κ3) is 5.96. The van der Waals surface area contributed by atoms with E-state index in [1.54, 1.807) is 12.4 Å². The van der Waals surface area contributed by atoms with Gasteiger partial charge in [0, 0.05) is 19.6 Å². The molecule has 0 saturated carbocycles. The standard InChI is InChI=1S/C12H21ClN4/c1-4-5-17(7-6-16(2)3)10-11-8-15-12(13)9-14-11/h8-9H,4-7,10H2,1-3H3. The summed E-state index contributed by atoms with van der Waals surface area (Å²) in [7, 11) is 4.18. The first-order valence-electron chi connectivity index (χ1n) is 5.95. The van der Waals surface area contributed by atoms with E-state index in [-0.39, 0.29) is 0 Å². The number of hydrogen-bond acceptors (Lipinski definition) is 4. The topological polar surface area (TPSA) is 32.3 Å². The van der Waals surface area contributed by atoms with Gasteiger partial charge in [-0.1, -0.05) is 18.5 Å². The van der Waals surface area contributed by atoms with Gasteiger partial charge in [0.05, 0.1) is 18.1 Å². The molecule has 0 aliphatic carbocycles. The van der Waals surface area contributed by atoms with Gasteiger partial charge in [0.1, 0.15) is 5.15 Å². The van der Waals surface area contributed by atoms with Crippen LogP contribution in [0.25, 0.3) is 0 Å². The predicted molar refractivity (Wildman–Crippen MR) is 71.2 cm³/mol. The van der Waals surface area contributed by atoms with Gasteiger partial charge in [-0.2, -0.15) is 0 Å². The van der Waals surface area contributed by atoms with E-state index >= 15 is 0 Å². The summed E-state index contributed by atoms with van der Waals surface area (Å²) in [6.45, 7) is 6.21. The maximum atomic E-state index is 5.72. The van der Waals surface area contributed by atoms with E-state index in [1.807, 2.05) is 0 Å². The molecule has 1 heterocycles. The van der Waals surface area contributed by atoms with Crippen LogP contribution in [0.2, 0.25) is 5.15 Å². The molecule has 0 aromatic carbocycles. The molecule has 0 spiro atoms. The van der Waals surface area contributed by atoms with E-state index < -0.39 is 0 Å². The number of halogens is 1. The molecule has 96 valence electrons. The SMILES string of the molecule is CCCN(CCN(C)C)Cc1cnc(Cl)cn1. The van der Waals surface area contributed by atoms with Crippen molar-refractivity contribution in [2.45, 2.75) is 19.9 Å². The number of nitrogens with zero attached hydrogens (tertiary/aromatic N) is 4. The molecule has 0 saturated heterocycles. The Morgan fingerprint density at radius 3 is 2.41 bits per heavy atom. The third-order valence-corrected chi connectivity index (χ3v) is 2.66. The molecule has 4 nitrogen and oxygen atoms in total. The summed E-state index contributed by atoms with van der Waals surface area (Å²) in [5.74, 6) is 0. The molecule has 0 unspecified atom stereocenters.